The second kappa shape index (κ2) is 13.8. The number of rotatable bonds is 15. The monoisotopic (exact) mass is 398 g/mol. The summed E-state index contributed by atoms with van der Waals surface area (Å²) in [6, 6.07) is 4.97. The normalized spacial score (nSPS) is 12.9. The van der Waals surface area contributed by atoms with Crippen molar-refractivity contribution in [1.82, 2.24) is 0 Å². The van der Waals surface area contributed by atoms with Crippen molar-refractivity contribution in [3.8, 4) is 0 Å². The van der Waals surface area contributed by atoms with Gasteiger partial charge in [0.1, 0.15) is 5.78 Å². The zero-order chi connectivity index (χ0) is 20.8. The number of halogens is 3. The van der Waals surface area contributed by atoms with E-state index < -0.39 is 11.7 Å². The van der Waals surface area contributed by atoms with E-state index in [1.54, 1.807) is 6.92 Å². The highest BCUT2D eigenvalue weighted by atomic mass is 19.4. The fourth-order valence-corrected chi connectivity index (χ4v) is 3.50. The SMILES string of the molecule is CCCCCCCCCCCCCCC(=O)C(C)c1ccc(C(F)(F)F)cc1. The molecule has 0 amide bonds. The molecule has 1 atom stereocenters. The summed E-state index contributed by atoms with van der Waals surface area (Å²) in [4.78, 5) is 12.3. The first kappa shape index (κ1) is 24.7. The van der Waals surface area contributed by atoms with Gasteiger partial charge in [0.25, 0.3) is 0 Å². The maximum Gasteiger partial charge on any atom is 0.416 e. The zero-order valence-electron chi connectivity index (χ0n) is 17.6. The predicted octanol–water partition coefficient (Wildman–Crippen LogP) is 8.47. The molecule has 1 aromatic rings. The molecule has 0 bridgehead atoms. The second-order valence-electron chi connectivity index (χ2n) is 7.95. The minimum Gasteiger partial charge on any atom is -0.299 e. The van der Waals surface area contributed by atoms with Crippen molar-refractivity contribution < 1.29 is 18.0 Å². The van der Waals surface area contributed by atoms with Crippen LogP contribution in [-0.2, 0) is 11.0 Å². The van der Waals surface area contributed by atoms with Crippen LogP contribution in [0.15, 0.2) is 24.3 Å². The summed E-state index contributed by atoms with van der Waals surface area (Å²) in [5.41, 5.74) is -0.00575. The fraction of sp³-hybridized carbons (Fsp3) is 0.708. The summed E-state index contributed by atoms with van der Waals surface area (Å²) < 4.78 is 37.8. The quantitative estimate of drug-likeness (QED) is 0.271. The highest BCUT2D eigenvalue weighted by Crippen LogP contribution is 2.30. The first-order chi connectivity index (χ1) is 13.4. The van der Waals surface area contributed by atoms with E-state index in [0.717, 1.165) is 31.4 Å². The standard InChI is InChI=1S/C24H37F3O/c1-3-4-5-6-7-8-9-10-11-12-13-14-15-23(28)20(2)21-16-18-22(19-17-21)24(25,26)27/h16-20H,3-15H2,1-2H3. The highest BCUT2D eigenvalue weighted by molar-refractivity contribution is 5.85. The predicted molar refractivity (Wildman–Crippen MR) is 111 cm³/mol. The lowest BCUT2D eigenvalue weighted by atomic mass is 9.92. The Bertz CT molecular complexity index is 534. The van der Waals surface area contributed by atoms with Gasteiger partial charge in [0.05, 0.1) is 5.56 Å². The summed E-state index contributed by atoms with van der Waals surface area (Å²) in [6.45, 7) is 4.02. The maximum absolute atomic E-state index is 12.6. The van der Waals surface area contributed by atoms with Crippen LogP contribution < -0.4 is 0 Å². The molecule has 0 fully saturated rings. The van der Waals surface area contributed by atoms with Crippen LogP contribution in [0.5, 0.6) is 0 Å². The van der Waals surface area contributed by atoms with Crippen LogP contribution in [0.3, 0.4) is 0 Å². The van der Waals surface area contributed by atoms with E-state index in [4.69, 9.17) is 0 Å². The number of hydrogen-bond donors (Lipinski definition) is 0. The Morgan fingerprint density at radius 2 is 1.21 bits per heavy atom. The summed E-state index contributed by atoms with van der Waals surface area (Å²) in [5.74, 6) is -0.221. The van der Waals surface area contributed by atoms with Crippen LogP contribution in [0, 0.1) is 0 Å². The number of unbranched alkanes of at least 4 members (excludes halogenated alkanes) is 11. The van der Waals surface area contributed by atoms with E-state index in [9.17, 15) is 18.0 Å². The minimum absolute atomic E-state index is 0.117. The van der Waals surface area contributed by atoms with E-state index in [1.807, 2.05) is 0 Å². The molecular formula is C24H37F3O. The third kappa shape index (κ3) is 10.3. The van der Waals surface area contributed by atoms with Gasteiger partial charge in [-0.05, 0) is 24.1 Å². The molecule has 1 unspecified atom stereocenters. The maximum atomic E-state index is 12.6. The van der Waals surface area contributed by atoms with Crippen molar-refractivity contribution in [2.24, 2.45) is 0 Å². The molecule has 0 saturated carbocycles. The van der Waals surface area contributed by atoms with Gasteiger partial charge in [0, 0.05) is 12.3 Å². The smallest absolute Gasteiger partial charge is 0.299 e. The van der Waals surface area contributed by atoms with Crippen LogP contribution in [-0.4, -0.2) is 5.78 Å². The molecule has 0 spiro atoms. The van der Waals surface area contributed by atoms with E-state index in [1.165, 1.54) is 69.9 Å². The van der Waals surface area contributed by atoms with Crippen LogP contribution in [0.25, 0.3) is 0 Å². The van der Waals surface area contributed by atoms with Crippen molar-refractivity contribution in [3.63, 3.8) is 0 Å². The van der Waals surface area contributed by atoms with Crippen molar-refractivity contribution >= 4 is 5.78 Å². The van der Waals surface area contributed by atoms with Crippen molar-refractivity contribution in [3.05, 3.63) is 35.4 Å². The lowest BCUT2D eigenvalue weighted by molar-refractivity contribution is -0.137. The first-order valence-corrected chi connectivity index (χ1v) is 11.1. The van der Waals surface area contributed by atoms with Gasteiger partial charge >= 0.3 is 6.18 Å². The number of benzene rings is 1. The van der Waals surface area contributed by atoms with Gasteiger partial charge in [0.2, 0.25) is 0 Å². The number of ketones is 1. The number of carbonyl (C=O) groups excluding carboxylic acids is 1. The minimum atomic E-state index is -4.33. The average Bonchev–Trinajstić information content (AvgIpc) is 2.67. The largest absolute Gasteiger partial charge is 0.416 e. The molecule has 0 aliphatic rings. The zero-order valence-corrected chi connectivity index (χ0v) is 17.6. The van der Waals surface area contributed by atoms with Gasteiger partial charge in [-0.2, -0.15) is 13.2 Å². The van der Waals surface area contributed by atoms with Gasteiger partial charge < -0.3 is 0 Å². The van der Waals surface area contributed by atoms with Crippen LogP contribution in [0.4, 0.5) is 13.2 Å². The first-order valence-electron chi connectivity index (χ1n) is 11.1. The molecule has 0 radical (unpaired) electrons. The molecule has 1 aromatic carbocycles. The number of alkyl halides is 3. The number of hydrogen-bond acceptors (Lipinski definition) is 1. The Balaban J connectivity index is 2.10. The van der Waals surface area contributed by atoms with Crippen molar-refractivity contribution in [2.45, 2.75) is 109 Å². The third-order valence-electron chi connectivity index (χ3n) is 5.50. The van der Waals surface area contributed by atoms with Gasteiger partial charge in [0.15, 0.2) is 0 Å². The molecule has 0 aliphatic carbocycles. The molecule has 1 rings (SSSR count). The molecule has 0 N–H and O–H groups in total. The topological polar surface area (TPSA) is 17.1 Å². The molecule has 160 valence electrons. The van der Waals surface area contributed by atoms with E-state index in [0.29, 0.717) is 12.0 Å². The molecular weight excluding hydrogens is 361 g/mol. The van der Waals surface area contributed by atoms with Gasteiger partial charge in [-0.15, -0.1) is 0 Å². The summed E-state index contributed by atoms with van der Waals surface area (Å²) in [5, 5.41) is 0. The Hall–Kier alpha value is -1.32. The summed E-state index contributed by atoms with van der Waals surface area (Å²) in [7, 11) is 0. The van der Waals surface area contributed by atoms with Gasteiger partial charge in [-0.25, -0.2) is 0 Å². The third-order valence-corrected chi connectivity index (χ3v) is 5.50. The Morgan fingerprint density at radius 1 is 0.786 bits per heavy atom. The Kier molecular flexibility index (Phi) is 12.2. The number of Topliss-reactive ketones (excluding diaryl/α,β-unsaturated/α-hetero) is 1. The highest BCUT2D eigenvalue weighted by Gasteiger charge is 2.30. The van der Waals surface area contributed by atoms with Crippen LogP contribution >= 0.6 is 0 Å². The van der Waals surface area contributed by atoms with Crippen LogP contribution in [0.1, 0.15) is 114 Å². The summed E-state index contributed by atoms with van der Waals surface area (Å²) in [6.07, 6.45) is 11.2. The van der Waals surface area contributed by atoms with Crippen LogP contribution in [0.2, 0.25) is 0 Å². The summed E-state index contributed by atoms with van der Waals surface area (Å²) >= 11 is 0. The Labute approximate surface area is 169 Å². The molecule has 0 heterocycles. The van der Waals surface area contributed by atoms with E-state index in [2.05, 4.69) is 6.92 Å². The lowest BCUT2D eigenvalue weighted by Crippen LogP contribution is -2.10. The number of carbonyl (C=O) groups is 1. The van der Waals surface area contributed by atoms with Gasteiger partial charge in [-0.1, -0.05) is 96.6 Å². The molecule has 1 nitrogen and oxygen atoms in total. The van der Waals surface area contributed by atoms with Gasteiger partial charge in [-0.3, -0.25) is 4.79 Å². The van der Waals surface area contributed by atoms with E-state index in [-0.39, 0.29) is 11.7 Å². The molecule has 28 heavy (non-hydrogen) atoms. The molecule has 0 saturated heterocycles. The lowest BCUT2D eigenvalue weighted by Gasteiger charge is -2.13. The molecule has 4 heteroatoms. The van der Waals surface area contributed by atoms with Crippen molar-refractivity contribution in [1.29, 1.82) is 0 Å². The fourth-order valence-electron chi connectivity index (χ4n) is 3.50. The Morgan fingerprint density at radius 3 is 1.64 bits per heavy atom. The van der Waals surface area contributed by atoms with Crippen molar-refractivity contribution in [2.75, 3.05) is 0 Å². The molecule has 0 aliphatic heterocycles. The van der Waals surface area contributed by atoms with E-state index >= 15 is 0 Å². The second-order valence-corrected chi connectivity index (χ2v) is 7.95. The molecule has 0 aromatic heterocycles. The average molecular weight is 399 g/mol.